The summed E-state index contributed by atoms with van der Waals surface area (Å²) < 4.78 is 2.80. The van der Waals surface area contributed by atoms with Gasteiger partial charge in [0, 0.05) is 35.6 Å². The second kappa shape index (κ2) is 6.01. The molecule has 0 saturated heterocycles. The van der Waals surface area contributed by atoms with Crippen molar-refractivity contribution < 1.29 is 9.59 Å². The maximum Gasteiger partial charge on any atom is 0.261 e. The summed E-state index contributed by atoms with van der Waals surface area (Å²) in [6.07, 6.45) is 2.52. The molecular weight excluding hydrogens is 341 g/mol. The summed E-state index contributed by atoms with van der Waals surface area (Å²) in [4.78, 5) is 25.3. The van der Waals surface area contributed by atoms with Gasteiger partial charge in [-0.2, -0.15) is 0 Å². The number of carbonyl (C=O) groups excluding carboxylic acids is 2. The Hall–Kier alpha value is -1.35. The number of fused-ring (bicyclic) bond motifs is 1. The lowest BCUT2D eigenvalue weighted by molar-refractivity contribution is 0.0652. The number of amides is 2. The largest absolute Gasteiger partial charge is 0.274 e. The number of halogens is 1. The van der Waals surface area contributed by atoms with Gasteiger partial charge in [-0.1, -0.05) is 18.1 Å². The molecule has 0 atom stereocenters. The van der Waals surface area contributed by atoms with Crippen LogP contribution < -0.4 is 0 Å². The molecule has 0 saturated carbocycles. The molecule has 2 amide bonds. The van der Waals surface area contributed by atoms with Crippen LogP contribution in [0, 0.1) is 9.85 Å². The molecular formula is C14H12INO2. The second-order valence-corrected chi connectivity index (χ2v) is 4.58. The topological polar surface area (TPSA) is 37.4 Å². The molecule has 0 N–H and O–H groups in total. The molecule has 0 aliphatic carbocycles. The Morgan fingerprint density at radius 1 is 1.06 bits per heavy atom. The minimum Gasteiger partial charge on any atom is -0.274 e. The normalized spacial score (nSPS) is 13.3. The van der Waals surface area contributed by atoms with Gasteiger partial charge in [0.15, 0.2) is 0 Å². The van der Waals surface area contributed by atoms with Gasteiger partial charge in [0.25, 0.3) is 11.8 Å². The summed E-state index contributed by atoms with van der Waals surface area (Å²) in [5.41, 5.74) is 1.05. The number of unbranched alkanes of at least 4 members (excludes halogenated alkanes) is 2. The Labute approximate surface area is 120 Å². The number of carbonyl (C=O) groups is 2. The van der Waals surface area contributed by atoms with E-state index in [1.165, 1.54) is 4.90 Å². The molecule has 1 heterocycles. The molecule has 2 rings (SSSR count). The molecule has 1 aromatic rings. The number of nitrogens with zero attached hydrogens (tertiary/aromatic N) is 1. The van der Waals surface area contributed by atoms with E-state index in [4.69, 9.17) is 0 Å². The lowest BCUT2D eigenvalue weighted by Gasteiger charge is -2.12. The van der Waals surface area contributed by atoms with Gasteiger partial charge < -0.3 is 0 Å². The van der Waals surface area contributed by atoms with E-state index in [0.717, 1.165) is 19.3 Å². The summed E-state index contributed by atoms with van der Waals surface area (Å²) >= 11 is 2.00. The van der Waals surface area contributed by atoms with Crippen molar-refractivity contribution in [3.05, 3.63) is 35.4 Å². The molecule has 1 aliphatic heterocycles. The molecule has 1 aromatic carbocycles. The van der Waals surface area contributed by atoms with Crippen molar-refractivity contribution in [3.8, 4) is 9.85 Å². The quantitative estimate of drug-likeness (QED) is 0.361. The van der Waals surface area contributed by atoms with Crippen LogP contribution in [0.1, 0.15) is 40.0 Å². The Kier molecular flexibility index (Phi) is 4.37. The highest BCUT2D eigenvalue weighted by atomic mass is 127. The van der Waals surface area contributed by atoms with E-state index < -0.39 is 0 Å². The van der Waals surface area contributed by atoms with Crippen LogP contribution in [0.2, 0.25) is 0 Å². The van der Waals surface area contributed by atoms with E-state index in [1.54, 1.807) is 24.3 Å². The van der Waals surface area contributed by atoms with Crippen molar-refractivity contribution in [2.45, 2.75) is 19.3 Å². The number of hydrogen-bond donors (Lipinski definition) is 0. The SMILES string of the molecule is O=C1c2ccccc2C(=O)N1CCCCC#CI. The van der Waals surface area contributed by atoms with Crippen LogP contribution in [-0.4, -0.2) is 23.3 Å². The number of imide groups is 1. The molecule has 92 valence electrons. The van der Waals surface area contributed by atoms with Gasteiger partial charge in [0.1, 0.15) is 0 Å². The Balaban J connectivity index is 1.98. The standard InChI is InChI=1S/C14H12INO2/c15-9-5-1-2-6-10-16-13(17)11-7-3-4-8-12(11)14(16)18/h3-4,7-8H,1-2,6,10H2. The van der Waals surface area contributed by atoms with E-state index in [-0.39, 0.29) is 11.8 Å². The van der Waals surface area contributed by atoms with E-state index in [1.807, 2.05) is 22.6 Å². The fourth-order valence-corrected chi connectivity index (χ4v) is 2.24. The van der Waals surface area contributed by atoms with Crippen LogP contribution in [0.4, 0.5) is 0 Å². The minimum absolute atomic E-state index is 0.171. The van der Waals surface area contributed by atoms with Gasteiger partial charge in [-0.05, 0) is 28.9 Å². The number of benzene rings is 1. The zero-order valence-corrected chi connectivity index (χ0v) is 11.9. The zero-order valence-electron chi connectivity index (χ0n) is 9.78. The zero-order chi connectivity index (χ0) is 13.0. The summed E-state index contributed by atoms with van der Waals surface area (Å²) in [6.45, 7) is 0.481. The summed E-state index contributed by atoms with van der Waals surface area (Å²) in [6, 6.07) is 6.97. The van der Waals surface area contributed by atoms with Gasteiger partial charge in [0.05, 0.1) is 11.1 Å². The monoisotopic (exact) mass is 353 g/mol. The molecule has 4 heteroatoms. The van der Waals surface area contributed by atoms with Crippen molar-refractivity contribution in [2.75, 3.05) is 6.54 Å². The fourth-order valence-electron chi connectivity index (χ4n) is 1.97. The molecule has 0 unspecified atom stereocenters. The number of hydrogen-bond acceptors (Lipinski definition) is 2. The molecule has 0 radical (unpaired) electrons. The van der Waals surface area contributed by atoms with Crippen LogP contribution in [-0.2, 0) is 0 Å². The average molecular weight is 353 g/mol. The highest BCUT2D eigenvalue weighted by Gasteiger charge is 2.34. The third kappa shape index (κ3) is 2.56. The lowest BCUT2D eigenvalue weighted by Crippen LogP contribution is -2.30. The summed E-state index contributed by atoms with van der Waals surface area (Å²) in [5.74, 6) is 2.62. The highest BCUT2D eigenvalue weighted by molar-refractivity contribution is 14.1. The highest BCUT2D eigenvalue weighted by Crippen LogP contribution is 2.22. The molecule has 0 aromatic heterocycles. The van der Waals surface area contributed by atoms with E-state index in [0.29, 0.717) is 17.7 Å². The first-order chi connectivity index (χ1) is 8.75. The van der Waals surface area contributed by atoms with E-state index >= 15 is 0 Å². The van der Waals surface area contributed by atoms with Crippen LogP contribution >= 0.6 is 22.6 Å². The van der Waals surface area contributed by atoms with Crippen LogP contribution in [0.25, 0.3) is 0 Å². The van der Waals surface area contributed by atoms with E-state index in [2.05, 4.69) is 9.85 Å². The predicted octanol–water partition coefficient (Wildman–Crippen LogP) is 2.85. The predicted molar refractivity (Wildman–Crippen MR) is 77.5 cm³/mol. The van der Waals surface area contributed by atoms with Crippen LogP contribution in [0.5, 0.6) is 0 Å². The minimum atomic E-state index is -0.171. The van der Waals surface area contributed by atoms with Crippen molar-refractivity contribution in [1.82, 2.24) is 4.90 Å². The average Bonchev–Trinajstić information content (AvgIpc) is 2.64. The Bertz CT molecular complexity index is 507. The van der Waals surface area contributed by atoms with Crippen molar-refractivity contribution in [3.63, 3.8) is 0 Å². The van der Waals surface area contributed by atoms with Gasteiger partial charge in [-0.25, -0.2) is 0 Å². The van der Waals surface area contributed by atoms with Gasteiger partial charge in [-0.15, -0.1) is 0 Å². The van der Waals surface area contributed by atoms with Crippen LogP contribution in [0.3, 0.4) is 0 Å². The second-order valence-electron chi connectivity index (χ2n) is 4.04. The smallest absolute Gasteiger partial charge is 0.261 e. The molecule has 18 heavy (non-hydrogen) atoms. The third-order valence-corrected chi connectivity index (χ3v) is 3.26. The lowest BCUT2D eigenvalue weighted by atomic mass is 10.1. The molecule has 3 nitrogen and oxygen atoms in total. The molecule has 0 fully saturated rings. The fraction of sp³-hybridized carbons (Fsp3) is 0.286. The van der Waals surface area contributed by atoms with E-state index in [9.17, 15) is 9.59 Å². The van der Waals surface area contributed by atoms with Gasteiger partial charge >= 0.3 is 0 Å². The van der Waals surface area contributed by atoms with Crippen molar-refractivity contribution in [1.29, 1.82) is 0 Å². The maximum absolute atomic E-state index is 12.0. The molecule has 0 spiro atoms. The summed E-state index contributed by atoms with van der Waals surface area (Å²) in [5, 5.41) is 0. The maximum atomic E-state index is 12.0. The third-order valence-electron chi connectivity index (χ3n) is 2.88. The van der Waals surface area contributed by atoms with Gasteiger partial charge in [0.2, 0.25) is 0 Å². The van der Waals surface area contributed by atoms with Crippen molar-refractivity contribution in [2.24, 2.45) is 0 Å². The molecule has 0 bridgehead atoms. The number of rotatable bonds is 4. The Morgan fingerprint density at radius 2 is 1.67 bits per heavy atom. The van der Waals surface area contributed by atoms with Crippen LogP contribution in [0.15, 0.2) is 24.3 Å². The first-order valence-electron chi connectivity index (χ1n) is 5.79. The summed E-state index contributed by atoms with van der Waals surface area (Å²) in [7, 11) is 0. The first kappa shape index (κ1) is 13.1. The van der Waals surface area contributed by atoms with Crippen molar-refractivity contribution >= 4 is 34.4 Å². The first-order valence-corrected chi connectivity index (χ1v) is 6.87. The Morgan fingerprint density at radius 3 is 2.22 bits per heavy atom. The van der Waals surface area contributed by atoms with Gasteiger partial charge in [-0.3, -0.25) is 14.5 Å². The molecule has 1 aliphatic rings.